The first-order chi connectivity index (χ1) is 8.97. The standard InChI is InChI=1S/C12H23N5O2/c1-4-7-17-10(13)9(11(18)15-12(17)19)14-6-5-8-16(2)3/h14H,4-8,13H2,1-3H3,(H,15,18,19). The molecule has 0 fully saturated rings. The molecule has 0 aliphatic heterocycles. The third kappa shape index (κ3) is 4.13. The van der Waals surface area contributed by atoms with E-state index in [0.717, 1.165) is 19.4 Å². The third-order valence-electron chi connectivity index (χ3n) is 2.77. The number of hydrogen-bond donors (Lipinski definition) is 3. The lowest BCUT2D eigenvalue weighted by Gasteiger charge is -2.14. The molecule has 7 heteroatoms. The molecule has 0 saturated heterocycles. The molecule has 1 aromatic heterocycles. The highest BCUT2D eigenvalue weighted by Gasteiger charge is 2.10. The predicted octanol–water partition coefficient (Wildman–Crippen LogP) is -0.108. The van der Waals surface area contributed by atoms with E-state index in [-0.39, 0.29) is 11.5 Å². The van der Waals surface area contributed by atoms with Crippen LogP contribution in [0.15, 0.2) is 9.59 Å². The normalized spacial score (nSPS) is 10.9. The Balaban J connectivity index is 2.85. The van der Waals surface area contributed by atoms with Crippen molar-refractivity contribution in [2.75, 3.05) is 38.2 Å². The Hall–Kier alpha value is -1.76. The van der Waals surface area contributed by atoms with Crippen molar-refractivity contribution in [3.63, 3.8) is 0 Å². The van der Waals surface area contributed by atoms with E-state index in [4.69, 9.17) is 5.73 Å². The summed E-state index contributed by atoms with van der Waals surface area (Å²) in [6.07, 6.45) is 1.66. The Labute approximate surface area is 112 Å². The average Bonchev–Trinajstić information content (AvgIpc) is 2.33. The van der Waals surface area contributed by atoms with E-state index < -0.39 is 11.2 Å². The number of aromatic amines is 1. The van der Waals surface area contributed by atoms with Gasteiger partial charge in [0.05, 0.1) is 0 Å². The minimum Gasteiger partial charge on any atom is -0.383 e. The summed E-state index contributed by atoms with van der Waals surface area (Å²) in [5, 5.41) is 3.01. The molecule has 0 spiro atoms. The Morgan fingerprint density at radius 2 is 2.05 bits per heavy atom. The fraction of sp³-hybridized carbons (Fsp3) is 0.667. The second kappa shape index (κ2) is 6.98. The molecule has 0 aliphatic carbocycles. The Kier molecular flexibility index (Phi) is 5.62. The van der Waals surface area contributed by atoms with Gasteiger partial charge in [0.25, 0.3) is 5.56 Å². The molecule has 0 saturated carbocycles. The first-order valence-corrected chi connectivity index (χ1v) is 6.48. The van der Waals surface area contributed by atoms with Crippen LogP contribution < -0.4 is 22.3 Å². The van der Waals surface area contributed by atoms with Gasteiger partial charge in [0.1, 0.15) is 11.5 Å². The van der Waals surface area contributed by atoms with Gasteiger partial charge in [-0.2, -0.15) is 0 Å². The Bertz CT molecular complexity index is 518. The fourth-order valence-electron chi connectivity index (χ4n) is 1.81. The fourth-order valence-corrected chi connectivity index (χ4v) is 1.81. The lowest BCUT2D eigenvalue weighted by atomic mass is 10.3. The summed E-state index contributed by atoms with van der Waals surface area (Å²) in [7, 11) is 3.98. The van der Waals surface area contributed by atoms with Gasteiger partial charge < -0.3 is 16.0 Å². The number of nitrogens with zero attached hydrogens (tertiary/aromatic N) is 2. The number of rotatable bonds is 7. The minimum atomic E-state index is -0.459. The number of nitrogens with one attached hydrogen (secondary N) is 2. The maximum atomic E-state index is 11.7. The molecule has 1 heterocycles. The number of nitrogens with two attached hydrogens (primary N) is 1. The summed E-state index contributed by atoms with van der Waals surface area (Å²) in [4.78, 5) is 27.7. The molecular weight excluding hydrogens is 246 g/mol. The van der Waals surface area contributed by atoms with Crippen LogP contribution in [0.25, 0.3) is 0 Å². The van der Waals surface area contributed by atoms with Gasteiger partial charge in [-0.1, -0.05) is 6.92 Å². The van der Waals surface area contributed by atoms with E-state index in [9.17, 15) is 9.59 Å². The Morgan fingerprint density at radius 1 is 1.37 bits per heavy atom. The quantitative estimate of drug-likeness (QED) is 0.600. The summed E-state index contributed by atoms with van der Waals surface area (Å²) in [5.74, 6) is 0.209. The van der Waals surface area contributed by atoms with Gasteiger partial charge in [-0.25, -0.2) is 4.79 Å². The van der Waals surface area contributed by atoms with Gasteiger partial charge >= 0.3 is 5.69 Å². The number of H-pyrrole nitrogens is 1. The van der Waals surface area contributed by atoms with E-state index in [1.54, 1.807) is 0 Å². The molecule has 19 heavy (non-hydrogen) atoms. The van der Waals surface area contributed by atoms with Crippen LogP contribution >= 0.6 is 0 Å². The van der Waals surface area contributed by atoms with Crippen LogP contribution in [0.3, 0.4) is 0 Å². The second-order valence-electron chi connectivity index (χ2n) is 4.75. The van der Waals surface area contributed by atoms with Crippen molar-refractivity contribution in [2.45, 2.75) is 26.3 Å². The maximum Gasteiger partial charge on any atom is 0.330 e. The van der Waals surface area contributed by atoms with Crippen molar-refractivity contribution in [2.24, 2.45) is 0 Å². The van der Waals surface area contributed by atoms with Crippen LogP contribution in [-0.2, 0) is 6.54 Å². The zero-order valence-corrected chi connectivity index (χ0v) is 11.8. The van der Waals surface area contributed by atoms with E-state index in [2.05, 4.69) is 15.2 Å². The van der Waals surface area contributed by atoms with Crippen molar-refractivity contribution in [1.82, 2.24) is 14.5 Å². The first-order valence-electron chi connectivity index (χ1n) is 6.48. The molecule has 4 N–H and O–H groups in total. The summed E-state index contributed by atoms with van der Waals surface area (Å²) < 4.78 is 1.38. The lowest BCUT2D eigenvalue weighted by Crippen LogP contribution is -2.34. The van der Waals surface area contributed by atoms with Crippen molar-refractivity contribution < 1.29 is 0 Å². The molecule has 0 bridgehead atoms. The zero-order chi connectivity index (χ0) is 14.4. The van der Waals surface area contributed by atoms with Crippen LogP contribution in [-0.4, -0.2) is 41.6 Å². The zero-order valence-electron chi connectivity index (χ0n) is 11.8. The SMILES string of the molecule is CCCn1c(N)c(NCCCN(C)C)c(=O)[nH]c1=O. The van der Waals surface area contributed by atoms with Crippen LogP contribution in [0, 0.1) is 0 Å². The van der Waals surface area contributed by atoms with Gasteiger partial charge in [-0.15, -0.1) is 0 Å². The molecule has 0 aliphatic rings. The number of hydrogen-bond acceptors (Lipinski definition) is 5. The molecule has 1 rings (SSSR count). The number of aromatic nitrogens is 2. The summed E-state index contributed by atoms with van der Waals surface area (Å²) >= 11 is 0. The van der Waals surface area contributed by atoms with Crippen LogP contribution in [0.1, 0.15) is 19.8 Å². The van der Waals surface area contributed by atoms with Crippen molar-refractivity contribution in [1.29, 1.82) is 0 Å². The summed E-state index contributed by atoms with van der Waals surface area (Å²) in [5.41, 5.74) is 5.25. The summed E-state index contributed by atoms with van der Waals surface area (Å²) in [6.45, 7) is 3.99. The van der Waals surface area contributed by atoms with Crippen molar-refractivity contribution in [3.8, 4) is 0 Å². The third-order valence-corrected chi connectivity index (χ3v) is 2.77. The molecule has 0 amide bonds. The van der Waals surface area contributed by atoms with Gasteiger partial charge in [0.15, 0.2) is 0 Å². The highest BCUT2D eigenvalue weighted by molar-refractivity contribution is 5.60. The monoisotopic (exact) mass is 269 g/mol. The van der Waals surface area contributed by atoms with E-state index in [1.165, 1.54) is 4.57 Å². The molecule has 0 radical (unpaired) electrons. The highest BCUT2D eigenvalue weighted by atomic mass is 16.2. The van der Waals surface area contributed by atoms with E-state index in [0.29, 0.717) is 13.1 Å². The highest BCUT2D eigenvalue weighted by Crippen LogP contribution is 2.10. The maximum absolute atomic E-state index is 11.7. The molecule has 0 aromatic carbocycles. The van der Waals surface area contributed by atoms with E-state index >= 15 is 0 Å². The van der Waals surface area contributed by atoms with Gasteiger partial charge in [-0.05, 0) is 33.5 Å². The molecule has 7 nitrogen and oxygen atoms in total. The topological polar surface area (TPSA) is 96.2 Å². The van der Waals surface area contributed by atoms with Crippen LogP contribution in [0.5, 0.6) is 0 Å². The first kappa shape index (κ1) is 15.3. The molecular formula is C12H23N5O2. The smallest absolute Gasteiger partial charge is 0.330 e. The largest absolute Gasteiger partial charge is 0.383 e. The average molecular weight is 269 g/mol. The number of anilines is 2. The second-order valence-corrected chi connectivity index (χ2v) is 4.75. The van der Waals surface area contributed by atoms with Crippen LogP contribution in [0.2, 0.25) is 0 Å². The summed E-state index contributed by atoms with van der Waals surface area (Å²) in [6, 6.07) is 0. The van der Waals surface area contributed by atoms with E-state index in [1.807, 2.05) is 21.0 Å². The molecule has 108 valence electrons. The van der Waals surface area contributed by atoms with Crippen molar-refractivity contribution in [3.05, 3.63) is 20.8 Å². The minimum absolute atomic E-state index is 0.209. The lowest BCUT2D eigenvalue weighted by molar-refractivity contribution is 0.405. The van der Waals surface area contributed by atoms with Crippen LogP contribution in [0.4, 0.5) is 11.5 Å². The predicted molar refractivity (Wildman–Crippen MR) is 77.7 cm³/mol. The van der Waals surface area contributed by atoms with Gasteiger partial charge in [0.2, 0.25) is 0 Å². The number of nitrogen functional groups attached to an aromatic ring is 1. The molecule has 0 unspecified atom stereocenters. The van der Waals surface area contributed by atoms with Gasteiger partial charge in [0, 0.05) is 13.1 Å². The van der Waals surface area contributed by atoms with Crippen molar-refractivity contribution >= 4 is 11.5 Å². The Morgan fingerprint density at radius 3 is 2.63 bits per heavy atom. The van der Waals surface area contributed by atoms with Gasteiger partial charge in [-0.3, -0.25) is 14.3 Å². The molecule has 0 atom stereocenters. The molecule has 1 aromatic rings.